The van der Waals surface area contributed by atoms with Crippen molar-refractivity contribution in [2.24, 2.45) is 0 Å². The molecule has 3 heteroatoms. The quantitative estimate of drug-likeness (QED) is 0.677. The van der Waals surface area contributed by atoms with Crippen LogP contribution in [0, 0.1) is 0 Å². The van der Waals surface area contributed by atoms with Gasteiger partial charge in [0.15, 0.2) is 0 Å². The Morgan fingerprint density at radius 3 is 2.92 bits per heavy atom. The molecule has 0 spiro atoms. The van der Waals surface area contributed by atoms with Gasteiger partial charge in [-0.3, -0.25) is 0 Å². The molecule has 0 aliphatic heterocycles. The molecular formula is C10H18N2S. The highest BCUT2D eigenvalue weighted by molar-refractivity contribution is 7.98. The number of imidazole rings is 1. The maximum absolute atomic E-state index is 4.35. The van der Waals surface area contributed by atoms with E-state index in [1.165, 1.54) is 18.0 Å². The Kier molecular flexibility index (Phi) is 4.36. The van der Waals surface area contributed by atoms with Gasteiger partial charge in [0.25, 0.3) is 0 Å². The van der Waals surface area contributed by atoms with E-state index < -0.39 is 0 Å². The Labute approximate surface area is 84.7 Å². The highest BCUT2D eigenvalue weighted by Gasteiger charge is 2.05. The van der Waals surface area contributed by atoms with E-state index in [4.69, 9.17) is 0 Å². The third-order valence-corrected chi connectivity index (χ3v) is 2.71. The van der Waals surface area contributed by atoms with Gasteiger partial charge in [-0.25, -0.2) is 4.98 Å². The van der Waals surface area contributed by atoms with Crippen molar-refractivity contribution in [3.63, 3.8) is 0 Å². The standard InChI is InChI=1S/C10H18N2S/c1-9(2)10-11-5-7-12(10)6-4-8-13-3/h5,7,9H,4,6,8H2,1-3H3. The summed E-state index contributed by atoms with van der Waals surface area (Å²) in [5.74, 6) is 2.97. The molecule has 0 atom stereocenters. The zero-order valence-corrected chi connectivity index (χ0v) is 9.47. The fraction of sp³-hybridized carbons (Fsp3) is 0.700. The number of aromatic nitrogens is 2. The Balaban J connectivity index is 2.50. The minimum atomic E-state index is 0.532. The van der Waals surface area contributed by atoms with Gasteiger partial charge in [-0.05, 0) is 18.4 Å². The van der Waals surface area contributed by atoms with Gasteiger partial charge in [-0.1, -0.05) is 13.8 Å². The van der Waals surface area contributed by atoms with Gasteiger partial charge in [0, 0.05) is 24.9 Å². The molecule has 2 nitrogen and oxygen atoms in total. The molecule has 0 aliphatic carbocycles. The number of thioether (sulfide) groups is 1. The van der Waals surface area contributed by atoms with Crippen molar-refractivity contribution in [2.75, 3.05) is 12.0 Å². The van der Waals surface area contributed by atoms with Crippen molar-refractivity contribution < 1.29 is 0 Å². The summed E-state index contributed by atoms with van der Waals surface area (Å²) in [5.41, 5.74) is 0. The monoisotopic (exact) mass is 198 g/mol. The average molecular weight is 198 g/mol. The first-order valence-electron chi connectivity index (χ1n) is 4.75. The first kappa shape index (κ1) is 10.6. The molecule has 0 radical (unpaired) electrons. The summed E-state index contributed by atoms with van der Waals surface area (Å²) in [7, 11) is 0. The predicted octanol–water partition coefficient (Wildman–Crippen LogP) is 2.76. The summed E-state index contributed by atoms with van der Waals surface area (Å²) in [6, 6.07) is 0. The van der Waals surface area contributed by atoms with Crippen LogP contribution in [0.2, 0.25) is 0 Å². The normalized spacial score (nSPS) is 11.1. The van der Waals surface area contributed by atoms with Crippen molar-refractivity contribution >= 4 is 11.8 Å². The lowest BCUT2D eigenvalue weighted by Gasteiger charge is -2.09. The molecule has 13 heavy (non-hydrogen) atoms. The largest absolute Gasteiger partial charge is 0.335 e. The second kappa shape index (κ2) is 5.32. The van der Waals surface area contributed by atoms with E-state index in [9.17, 15) is 0 Å². The summed E-state index contributed by atoms with van der Waals surface area (Å²) in [6.07, 6.45) is 7.36. The fourth-order valence-electron chi connectivity index (χ4n) is 1.39. The molecule has 0 unspecified atom stereocenters. The van der Waals surface area contributed by atoms with E-state index in [-0.39, 0.29) is 0 Å². The first-order chi connectivity index (χ1) is 6.25. The second-order valence-corrected chi connectivity index (χ2v) is 4.47. The number of aryl methyl sites for hydroxylation is 1. The number of rotatable bonds is 5. The Hall–Kier alpha value is -0.440. The van der Waals surface area contributed by atoms with Crippen LogP contribution in [0.4, 0.5) is 0 Å². The molecule has 1 aromatic heterocycles. The van der Waals surface area contributed by atoms with Crippen molar-refractivity contribution in [2.45, 2.75) is 32.7 Å². The van der Waals surface area contributed by atoms with Crippen LogP contribution in [0.15, 0.2) is 12.4 Å². The van der Waals surface area contributed by atoms with E-state index in [1.807, 2.05) is 18.0 Å². The topological polar surface area (TPSA) is 17.8 Å². The van der Waals surface area contributed by atoms with Crippen molar-refractivity contribution in [3.05, 3.63) is 18.2 Å². The Morgan fingerprint density at radius 2 is 2.31 bits per heavy atom. The van der Waals surface area contributed by atoms with E-state index in [2.05, 4.69) is 35.9 Å². The molecule has 0 aromatic carbocycles. The molecular weight excluding hydrogens is 180 g/mol. The van der Waals surface area contributed by atoms with E-state index in [1.54, 1.807) is 0 Å². The molecule has 0 aliphatic rings. The van der Waals surface area contributed by atoms with E-state index in [0.717, 1.165) is 6.54 Å². The zero-order chi connectivity index (χ0) is 9.68. The van der Waals surface area contributed by atoms with Gasteiger partial charge in [-0.15, -0.1) is 0 Å². The predicted molar refractivity (Wildman–Crippen MR) is 59.3 cm³/mol. The molecule has 0 saturated carbocycles. The number of hydrogen-bond donors (Lipinski definition) is 0. The Morgan fingerprint density at radius 1 is 1.54 bits per heavy atom. The summed E-state index contributed by atoms with van der Waals surface area (Å²) < 4.78 is 2.26. The maximum atomic E-state index is 4.35. The third kappa shape index (κ3) is 3.07. The lowest BCUT2D eigenvalue weighted by atomic mass is 10.2. The molecule has 1 heterocycles. The Bertz CT molecular complexity index is 243. The van der Waals surface area contributed by atoms with Gasteiger partial charge in [0.1, 0.15) is 5.82 Å². The molecule has 1 aromatic rings. The van der Waals surface area contributed by atoms with Crippen molar-refractivity contribution in [1.29, 1.82) is 0 Å². The molecule has 0 bridgehead atoms. The number of hydrogen-bond acceptors (Lipinski definition) is 2. The van der Waals surface area contributed by atoms with Crippen LogP contribution in [0.1, 0.15) is 32.0 Å². The summed E-state index contributed by atoms with van der Waals surface area (Å²) in [4.78, 5) is 4.35. The van der Waals surface area contributed by atoms with Gasteiger partial charge in [-0.2, -0.15) is 11.8 Å². The minimum Gasteiger partial charge on any atom is -0.335 e. The highest BCUT2D eigenvalue weighted by atomic mass is 32.2. The van der Waals surface area contributed by atoms with Crippen molar-refractivity contribution in [1.82, 2.24) is 9.55 Å². The first-order valence-corrected chi connectivity index (χ1v) is 6.15. The summed E-state index contributed by atoms with van der Waals surface area (Å²) in [6.45, 7) is 5.48. The van der Waals surface area contributed by atoms with Gasteiger partial charge < -0.3 is 4.57 Å². The summed E-state index contributed by atoms with van der Waals surface area (Å²) in [5, 5.41) is 0. The summed E-state index contributed by atoms with van der Waals surface area (Å²) >= 11 is 1.90. The lowest BCUT2D eigenvalue weighted by molar-refractivity contribution is 0.613. The van der Waals surface area contributed by atoms with Crippen LogP contribution in [0.3, 0.4) is 0 Å². The third-order valence-electron chi connectivity index (χ3n) is 2.01. The lowest BCUT2D eigenvalue weighted by Crippen LogP contribution is -2.05. The zero-order valence-electron chi connectivity index (χ0n) is 8.66. The fourth-order valence-corrected chi connectivity index (χ4v) is 1.81. The van der Waals surface area contributed by atoms with Crippen LogP contribution in [0.5, 0.6) is 0 Å². The van der Waals surface area contributed by atoms with Gasteiger partial charge >= 0.3 is 0 Å². The maximum Gasteiger partial charge on any atom is 0.111 e. The molecule has 74 valence electrons. The van der Waals surface area contributed by atoms with E-state index >= 15 is 0 Å². The molecule has 0 N–H and O–H groups in total. The molecule has 0 amide bonds. The van der Waals surface area contributed by atoms with Gasteiger partial charge in [0.05, 0.1) is 0 Å². The van der Waals surface area contributed by atoms with Crippen LogP contribution in [0.25, 0.3) is 0 Å². The van der Waals surface area contributed by atoms with Crippen LogP contribution >= 0.6 is 11.8 Å². The van der Waals surface area contributed by atoms with E-state index in [0.29, 0.717) is 5.92 Å². The minimum absolute atomic E-state index is 0.532. The highest BCUT2D eigenvalue weighted by Crippen LogP contribution is 2.12. The number of nitrogens with zero attached hydrogens (tertiary/aromatic N) is 2. The van der Waals surface area contributed by atoms with Crippen molar-refractivity contribution in [3.8, 4) is 0 Å². The van der Waals surface area contributed by atoms with Crippen LogP contribution in [-0.4, -0.2) is 21.6 Å². The second-order valence-electron chi connectivity index (χ2n) is 3.48. The molecule has 0 fully saturated rings. The molecule has 1 rings (SSSR count). The van der Waals surface area contributed by atoms with Crippen LogP contribution < -0.4 is 0 Å². The smallest absolute Gasteiger partial charge is 0.111 e. The average Bonchev–Trinajstić information content (AvgIpc) is 2.53. The van der Waals surface area contributed by atoms with Crippen LogP contribution in [-0.2, 0) is 6.54 Å². The van der Waals surface area contributed by atoms with Gasteiger partial charge in [0.2, 0.25) is 0 Å². The molecule has 0 saturated heterocycles. The SMILES string of the molecule is CSCCCn1ccnc1C(C)C.